The van der Waals surface area contributed by atoms with Crippen LogP contribution in [0.25, 0.3) is 0 Å². The molecular weight excluding hydrogens is 330 g/mol. The van der Waals surface area contributed by atoms with Gasteiger partial charge in [0.15, 0.2) is 12.4 Å². The second-order valence-corrected chi connectivity index (χ2v) is 8.07. The van der Waals surface area contributed by atoms with Crippen LogP contribution in [0.15, 0.2) is 24.3 Å². The maximum Gasteiger partial charge on any atom is 0.306 e. The monoisotopic (exact) mass is 359 g/mol. The Bertz CT molecular complexity index is 637. The van der Waals surface area contributed by atoms with E-state index in [1.54, 1.807) is 24.3 Å². The lowest BCUT2D eigenvalue weighted by Crippen LogP contribution is -2.27. The number of esters is 1. The van der Waals surface area contributed by atoms with Crippen molar-refractivity contribution in [3.63, 3.8) is 0 Å². The van der Waals surface area contributed by atoms with Crippen molar-refractivity contribution >= 4 is 23.3 Å². The Morgan fingerprint density at radius 1 is 1.04 bits per heavy atom. The number of ketones is 1. The molecule has 0 spiro atoms. The molecule has 0 radical (unpaired) electrons. The molecule has 142 valence electrons. The third-order valence-electron chi connectivity index (χ3n) is 4.69. The first-order chi connectivity index (χ1) is 12.3. The van der Waals surface area contributed by atoms with Crippen LogP contribution in [0.5, 0.6) is 0 Å². The fourth-order valence-electron chi connectivity index (χ4n) is 2.97. The molecule has 0 heterocycles. The summed E-state index contributed by atoms with van der Waals surface area (Å²) in [5.74, 6) is -0.222. The molecule has 0 bridgehead atoms. The van der Waals surface area contributed by atoms with Crippen molar-refractivity contribution in [1.82, 2.24) is 0 Å². The van der Waals surface area contributed by atoms with Gasteiger partial charge in [-0.1, -0.05) is 40.0 Å². The van der Waals surface area contributed by atoms with Gasteiger partial charge in [-0.15, -0.1) is 0 Å². The average Bonchev–Trinajstić information content (AvgIpc) is 2.60. The van der Waals surface area contributed by atoms with Crippen molar-refractivity contribution in [1.29, 1.82) is 0 Å². The maximum absolute atomic E-state index is 12.2. The fraction of sp³-hybridized carbons (Fsp3) is 0.571. The number of benzene rings is 1. The molecule has 0 aromatic heterocycles. The lowest BCUT2D eigenvalue weighted by Gasteiger charge is -2.20. The first kappa shape index (κ1) is 20.1. The van der Waals surface area contributed by atoms with Gasteiger partial charge in [-0.05, 0) is 43.0 Å². The largest absolute Gasteiger partial charge is 0.457 e. The molecule has 0 unspecified atom stereocenters. The average molecular weight is 359 g/mol. The summed E-state index contributed by atoms with van der Waals surface area (Å²) in [6.07, 6.45) is 6.15. The van der Waals surface area contributed by atoms with Crippen molar-refractivity contribution in [2.24, 2.45) is 11.3 Å². The summed E-state index contributed by atoms with van der Waals surface area (Å²) in [7, 11) is 0. The van der Waals surface area contributed by atoms with Crippen LogP contribution < -0.4 is 5.32 Å². The second-order valence-electron chi connectivity index (χ2n) is 8.07. The standard InChI is InChI=1S/C21H29NO4/c1-21(2,3)20(25)22-17-11-9-16(10-12-17)18(23)14-26-19(24)13-15-7-5-4-6-8-15/h9-12,15H,4-8,13-14H2,1-3H3,(H,22,25). The van der Waals surface area contributed by atoms with Crippen LogP contribution in [-0.4, -0.2) is 24.3 Å². The third kappa shape index (κ3) is 6.28. The van der Waals surface area contributed by atoms with Crippen molar-refractivity contribution < 1.29 is 19.1 Å². The van der Waals surface area contributed by atoms with Gasteiger partial charge in [0.2, 0.25) is 5.91 Å². The first-order valence-electron chi connectivity index (χ1n) is 9.36. The minimum absolute atomic E-state index is 0.0896. The molecule has 0 aliphatic heterocycles. The molecule has 1 fully saturated rings. The van der Waals surface area contributed by atoms with E-state index >= 15 is 0 Å². The number of Topliss-reactive ketones (excluding diaryl/α,β-unsaturated/α-hetero) is 1. The highest BCUT2D eigenvalue weighted by Gasteiger charge is 2.21. The molecule has 2 rings (SSSR count). The molecule has 0 saturated heterocycles. The van der Waals surface area contributed by atoms with E-state index in [4.69, 9.17) is 4.74 Å². The highest BCUT2D eigenvalue weighted by Crippen LogP contribution is 2.26. The van der Waals surface area contributed by atoms with Crippen LogP contribution in [0.3, 0.4) is 0 Å². The Morgan fingerprint density at radius 3 is 2.23 bits per heavy atom. The summed E-state index contributed by atoms with van der Waals surface area (Å²) >= 11 is 0. The Morgan fingerprint density at radius 2 is 1.65 bits per heavy atom. The van der Waals surface area contributed by atoms with E-state index in [0.717, 1.165) is 12.8 Å². The second kappa shape index (κ2) is 8.97. The van der Waals surface area contributed by atoms with Gasteiger partial charge in [-0.2, -0.15) is 0 Å². The number of amides is 1. The van der Waals surface area contributed by atoms with Crippen LogP contribution in [0.4, 0.5) is 5.69 Å². The lowest BCUT2D eigenvalue weighted by atomic mass is 9.87. The highest BCUT2D eigenvalue weighted by molar-refractivity contribution is 5.99. The van der Waals surface area contributed by atoms with E-state index in [1.807, 2.05) is 20.8 Å². The minimum atomic E-state index is -0.485. The SMILES string of the molecule is CC(C)(C)C(=O)Nc1ccc(C(=O)COC(=O)CC2CCCCC2)cc1. The van der Waals surface area contributed by atoms with E-state index in [-0.39, 0.29) is 24.3 Å². The predicted molar refractivity (Wildman–Crippen MR) is 101 cm³/mol. The minimum Gasteiger partial charge on any atom is -0.457 e. The van der Waals surface area contributed by atoms with Crippen LogP contribution >= 0.6 is 0 Å². The van der Waals surface area contributed by atoms with E-state index in [2.05, 4.69) is 5.32 Å². The van der Waals surface area contributed by atoms with Crippen LogP contribution in [0, 0.1) is 11.3 Å². The van der Waals surface area contributed by atoms with E-state index in [1.165, 1.54) is 19.3 Å². The number of hydrogen-bond donors (Lipinski definition) is 1. The summed E-state index contributed by atoms with van der Waals surface area (Å²) in [5, 5.41) is 2.81. The number of carbonyl (C=O) groups is 3. The normalized spacial score (nSPS) is 15.3. The molecule has 1 aromatic rings. The van der Waals surface area contributed by atoms with Crippen molar-refractivity contribution in [2.75, 3.05) is 11.9 Å². The van der Waals surface area contributed by atoms with Gasteiger partial charge in [-0.25, -0.2) is 0 Å². The van der Waals surface area contributed by atoms with Gasteiger partial charge in [0.1, 0.15) is 0 Å². The predicted octanol–water partition coefficient (Wildman–Crippen LogP) is 4.37. The molecular formula is C21H29NO4. The molecule has 5 heteroatoms. The van der Waals surface area contributed by atoms with Crippen molar-refractivity contribution in [3.05, 3.63) is 29.8 Å². The van der Waals surface area contributed by atoms with Crippen LogP contribution in [0.1, 0.15) is 69.7 Å². The molecule has 1 aliphatic rings. The van der Waals surface area contributed by atoms with Gasteiger partial charge >= 0.3 is 5.97 Å². The van der Waals surface area contributed by atoms with Crippen molar-refractivity contribution in [3.8, 4) is 0 Å². The molecule has 1 amide bonds. The van der Waals surface area contributed by atoms with E-state index in [9.17, 15) is 14.4 Å². The number of hydrogen-bond acceptors (Lipinski definition) is 4. The number of ether oxygens (including phenoxy) is 1. The summed E-state index contributed by atoms with van der Waals surface area (Å²) < 4.78 is 5.14. The summed E-state index contributed by atoms with van der Waals surface area (Å²) in [4.78, 5) is 36.0. The topological polar surface area (TPSA) is 72.5 Å². The van der Waals surface area contributed by atoms with E-state index in [0.29, 0.717) is 23.6 Å². The van der Waals surface area contributed by atoms with E-state index < -0.39 is 5.41 Å². The Labute approximate surface area is 155 Å². The zero-order valence-corrected chi connectivity index (χ0v) is 16.0. The zero-order chi connectivity index (χ0) is 19.2. The number of carbonyl (C=O) groups excluding carboxylic acids is 3. The third-order valence-corrected chi connectivity index (χ3v) is 4.69. The Hall–Kier alpha value is -2.17. The summed E-state index contributed by atoms with van der Waals surface area (Å²) in [6, 6.07) is 6.63. The summed E-state index contributed by atoms with van der Waals surface area (Å²) in [5.41, 5.74) is 0.612. The van der Waals surface area contributed by atoms with Gasteiger partial charge < -0.3 is 10.1 Å². The quantitative estimate of drug-likeness (QED) is 0.605. The molecule has 0 atom stereocenters. The first-order valence-corrected chi connectivity index (χ1v) is 9.36. The van der Waals surface area contributed by atoms with Gasteiger partial charge in [-0.3, -0.25) is 14.4 Å². The number of anilines is 1. The Balaban J connectivity index is 1.80. The lowest BCUT2D eigenvalue weighted by molar-refractivity contribution is -0.143. The van der Waals surface area contributed by atoms with Gasteiger partial charge in [0, 0.05) is 23.1 Å². The molecule has 5 nitrogen and oxygen atoms in total. The number of nitrogens with one attached hydrogen (secondary N) is 1. The van der Waals surface area contributed by atoms with Gasteiger partial charge in [0.05, 0.1) is 0 Å². The smallest absolute Gasteiger partial charge is 0.306 e. The molecule has 1 aliphatic carbocycles. The Kier molecular flexibility index (Phi) is 6.95. The fourth-order valence-corrected chi connectivity index (χ4v) is 2.97. The molecule has 1 saturated carbocycles. The van der Waals surface area contributed by atoms with Crippen molar-refractivity contribution in [2.45, 2.75) is 59.3 Å². The molecule has 1 aromatic carbocycles. The zero-order valence-electron chi connectivity index (χ0n) is 16.0. The molecule has 1 N–H and O–H groups in total. The number of rotatable bonds is 6. The summed E-state index contributed by atoms with van der Waals surface area (Å²) in [6.45, 7) is 5.27. The van der Waals surface area contributed by atoms with Crippen LogP contribution in [0.2, 0.25) is 0 Å². The maximum atomic E-state index is 12.2. The van der Waals surface area contributed by atoms with Gasteiger partial charge in [0.25, 0.3) is 0 Å². The van der Waals surface area contributed by atoms with Crippen LogP contribution in [-0.2, 0) is 14.3 Å². The molecule has 26 heavy (non-hydrogen) atoms. The highest BCUT2D eigenvalue weighted by atomic mass is 16.5.